The first-order chi connectivity index (χ1) is 9.63. The number of benzene rings is 1. The van der Waals surface area contributed by atoms with Crippen LogP contribution in [0.2, 0.25) is 0 Å². The lowest BCUT2D eigenvalue weighted by Crippen LogP contribution is -2.46. The molecule has 1 fully saturated rings. The number of aliphatic hydroxyl groups excluding tert-OH is 1. The third-order valence-corrected chi connectivity index (χ3v) is 4.15. The van der Waals surface area contributed by atoms with Crippen molar-refractivity contribution in [1.82, 2.24) is 5.32 Å². The van der Waals surface area contributed by atoms with Gasteiger partial charge in [-0.15, -0.1) is 0 Å². The zero-order chi connectivity index (χ0) is 14.4. The topological polar surface area (TPSA) is 35.5 Å². The second kappa shape index (κ2) is 7.09. The molecule has 112 valence electrons. The first kappa shape index (κ1) is 15.3. The lowest BCUT2D eigenvalue weighted by Gasteiger charge is -2.29. The molecule has 20 heavy (non-hydrogen) atoms. The average Bonchev–Trinajstić information content (AvgIpc) is 3.28. The van der Waals surface area contributed by atoms with Crippen LogP contribution in [-0.4, -0.2) is 36.9 Å². The molecule has 0 spiro atoms. The zero-order valence-electron chi connectivity index (χ0n) is 12.8. The number of hydrogen-bond acceptors (Lipinski definition) is 3. The summed E-state index contributed by atoms with van der Waals surface area (Å²) in [7, 11) is 2.14. The van der Waals surface area contributed by atoms with Gasteiger partial charge in [-0.1, -0.05) is 18.2 Å². The second-order valence-electron chi connectivity index (χ2n) is 6.35. The van der Waals surface area contributed by atoms with Gasteiger partial charge in [-0.3, -0.25) is 0 Å². The van der Waals surface area contributed by atoms with E-state index in [0.29, 0.717) is 6.04 Å². The van der Waals surface area contributed by atoms with Gasteiger partial charge in [-0.25, -0.2) is 0 Å². The minimum atomic E-state index is -0.0908. The minimum Gasteiger partial charge on any atom is -0.394 e. The van der Waals surface area contributed by atoms with Crippen molar-refractivity contribution in [3.8, 4) is 0 Å². The summed E-state index contributed by atoms with van der Waals surface area (Å²) >= 11 is 0. The highest BCUT2D eigenvalue weighted by atomic mass is 16.3. The first-order valence-corrected chi connectivity index (χ1v) is 7.78. The number of hydrogen-bond donors (Lipinski definition) is 2. The Morgan fingerprint density at radius 2 is 1.95 bits per heavy atom. The van der Waals surface area contributed by atoms with Crippen LogP contribution in [0.3, 0.4) is 0 Å². The molecule has 0 amide bonds. The molecule has 1 aromatic rings. The first-order valence-electron chi connectivity index (χ1n) is 7.78. The van der Waals surface area contributed by atoms with Crippen molar-refractivity contribution in [2.45, 2.75) is 50.6 Å². The van der Waals surface area contributed by atoms with Gasteiger partial charge >= 0.3 is 0 Å². The van der Waals surface area contributed by atoms with Crippen LogP contribution in [0.15, 0.2) is 30.3 Å². The second-order valence-corrected chi connectivity index (χ2v) is 6.35. The number of nitrogens with one attached hydrogen (secondary N) is 1. The summed E-state index contributed by atoms with van der Waals surface area (Å²) in [4.78, 5) is 2.30. The summed E-state index contributed by atoms with van der Waals surface area (Å²) in [5.74, 6) is 0. The highest BCUT2D eigenvalue weighted by molar-refractivity contribution is 5.44. The van der Waals surface area contributed by atoms with E-state index in [0.717, 1.165) is 25.8 Å². The molecule has 1 aromatic carbocycles. The summed E-state index contributed by atoms with van der Waals surface area (Å²) in [6.45, 7) is 3.44. The van der Waals surface area contributed by atoms with Gasteiger partial charge in [0.15, 0.2) is 0 Å². The van der Waals surface area contributed by atoms with Gasteiger partial charge in [-0.05, 0) is 51.2 Å². The Kier molecular flexibility index (Phi) is 5.44. The van der Waals surface area contributed by atoms with Crippen molar-refractivity contribution in [1.29, 1.82) is 0 Å². The molecule has 1 saturated carbocycles. The number of aliphatic hydroxyl groups is 1. The third kappa shape index (κ3) is 4.80. The van der Waals surface area contributed by atoms with Crippen LogP contribution in [0.25, 0.3) is 0 Å². The summed E-state index contributed by atoms with van der Waals surface area (Å²) in [6.07, 6.45) is 5.89. The lowest BCUT2D eigenvalue weighted by atomic mass is 9.95. The van der Waals surface area contributed by atoms with E-state index in [4.69, 9.17) is 0 Å². The predicted octanol–water partition coefficient (Wildman–Crippen LogP) is 2.80. The molecule has 2 rings (SSSR count). The Balaban J connectivity index is 1.67. The lowest BCUT2D eigenvalue weighted by molar-refractivity contribution is 0.161. The van der Waals surface area contributed by atoms with Gasteiger partial charge < -0.3 is 15.3 Å². The van der Waals surface area contributed by atoms with Gasteiger partial charge in [0.2, 0.25) is 0 Å². The quantitative estimate of drug-likeness (QED) is 0.681. The van der Waals surface area contributed by atoms with E-state index in [-0.39, 0.29) is 12.1 Å². The van der Waals surface area contributed by atoms with Crippen LogP contribution in [0.4, 0.5) is 5.69 Å². The number of nitrogens with zero attached hydrogens (tertiary/aromatic N) is 1. The summed E-state index contributed by atoms with van der Waals surface area (Å²) < 4.78 is 0. The van der Waals surface area contributed by atoms with Crippen LogP contribution >= 0.6 is 0 Å². The molecule has 0 aromatic heterocycles. The van der Waals surface area contributed by atoms with Crippen molar-refractivity contribution in [2.75, 3.05) is 25.1 Å². The molecule has 0 saturated heterocycles. The summed E-state index contributed by atoms with van der Waals surface area (Å²) in [5.41, 5.74) is 1.18. The molecule has 0 bridgehead atoms. The third-order valence-electron chi connectivity index (χ3n) is 4.15. The van der Waals surface area contributed by atoms with Crippen LogP contribution in [0.5, 0.6) is 0 Å². The van der Waals surface area contributed by atoms with Crippen LogP contribution < -0.4 is 10.2 Å². The van der Waals surface area contributed by atoms with E-state index in [1.807, 2.05) is 6.07 Å². The fraction of sp³-hybridized carbons (Fsp3) is 0.647. The molecule has 1 aliphatic carbocycles. The van der Waals surface area contributed by atoms with Gasteiger partial charge in [-0.2, -0.15) is 0 Å². The number of rotatable bonds is 9. The maximum atomic E-state index is 9.58. The molecular formula is C17H28N2O. The average molecular weight is 276 g/mol. The van der Waals surface area contributed by atoms with E-state index in [2.05, 4.69) is 48.5 Å². The van der Waals surface area contributed by atoms with E-state index in [1.54, 1.807) is 0 Å². The molecule has 0 heterocycles. The van der Waals surface area contributed by atoms with Crippen molar-refractivity contribution < 1.29 is 5.11 Å². The Morgan fingerprint density at radius 3 is 2.55 bits per heavy atom. The van der Waals surface area contributed by atoms with Crippen molar-refractivity contribution in [3.05, 3.63) is 30.3 Å². The molecule has 1 unspecified atom stereocenters. The molecule has 3 heteroatoms. The number of anilines is 1. The normalized spacial score (nSPS) is 17.8. The Bertz CT molecular complexity index is 391. The largest absolute Gasteiger partial charge is 0.394 e. The Hall–Kier alpha value is -1.06. The van der Waals surface area contributed by atoms with Gasteiger partial charge in [0.25, 0.3) is 0 Å². The summed E-state index contributed by atoms with van der Waals surface area (Å²) in [5, 5.41) is 13.1. The molecule has 2 N–H and O–H groups in total. The number of para-hydroxylation sites is 1. The molecule has 0 radical (unpaired) electrons. The highest BCUT2D eigenvalue weighted by Crippen LogP contribution is 2.25. The van der Waals surface area contributed by atoms with Crippen molar-refractivity contribution >= 4 is 5.69 Å². The maximum absolute atomic E-state index is 9.58. The van der Waals surface area contributed by atoms with Crippen LogP contribution in [-0.2, 0) is 0 Å². The monoisotopic (exact) mass is 276 g/mol. The van der Waals surface area contributed by atoms with E-state index < -0.39 is 0 Å². The van der Waals surface area contributed by atoms with Gasteiger partial charge in [0.1, 0.15) is 0 Å². The van der Waals surface area contributed by atoms with E-state index in [1.165, 1.54) is 18.5 Å². The van der Waals surface area contributed by atoms with Crippen LogP contribution in [0.1, 0.15) is 39.0 Å². The highest BCUT2D eigenvalue weighted by Gasteiger charge is 2.31. The SMILES string of the molecule is CN(CCCCC(C)(CO)NC1CC1)c1ccccc1. The molecule has 3 nitrogen and oxygen atoms in total. The predicted molar refractivity (Wildman–Crippen MR) is 85.2 cm³/mol. The van der Waals surface area contributed by atoms with Gasteiger partial charge in [0, 0.05) is 30.9 Å². The maximum Gasteiger partial charge on any atom is 0.0610 e. The molecule has 0 aliphatic heterocycles. The standard InChI is InChI=1S/C17H28N2O/c1-17(14-20,18-15-10-11-15)12-6-7-13-19(2)16-8-4-3-5-9-16/h3-5,8-9,15,18,20H,6-7,10-14H2,1-2H3. The zero-order valence-corrected chi connectivity index (χ0v) is 12.8. The molecule has 1 aliphatic rings. The Labute approximate surface area is 123 Å². The summed E-state index contributed by atoms with van der Waals surface area (Å²) in [6, 6.07) is 11.1. The van der Waals surface area contributed by atoms with Crippen molar-refractivity contribution in [3.63, 3.8) is 0 Å². The fourth-order valence-corrected chi connectivity index (χ4v) is 2.59. The minimum absolute atomic E-state index is 0.0908. The van der Waals surface area contributed by atoms with E-state index in [9.17, 15) is 5.11 Å². The van der Waals surface area contributed by atoms with Crippen LogP contribution in [0, 0.1) is 0 Å². The Morgan fingerprint density at radius 1 is 1.25 bits per heavy atom. The smallest absolute Gasteiger partial charge is 0.0610 e. The van der Waals surface area contributed by atoms with Crippen molar-refractivity contribution in [2.24, 2.45) is 0 Å². The van der Waals surface area contributed by atoms with Gasteiger partial charge in [0.05, 0.1) is 6.61 Å². The van der Waals surface area contributed by atoms with E-state index >= 15 is 0 Å². The fourth-order valence-electron chi connectivity index (χ4n) is 2.59. The number of unbranched alkanes of at least 4 members (excludes halogenated alkanes) is 1. The molecular weight excluding hydrogens is 248 g/mol. The molecule has 1 atom stereocenters.